The van der Waals surface area contributed by atoms with E-state index in [4.69, 9.17) is 20.3 Å². The maximum Gasteiger partial charge on any atom is 0.0609 e. The van der Waals surface area contributed by atoms with E-state index in [0.717, 1.165) is 6.42 Å². The van der Waals surface area contributed by atoms with Crippen LogP contribution < -0.4 is 5.73 Å². The van der Waals surface area contributed by atoms with Gasteiger partial charge >= 0.3 is 0 Å². The van der Waals surface area contributed by atoms with Crippen LogP contribution in [-0.2, 0) is 9.47 Å². The van der Waals surface area contributed by atoms with Crippen molar-refractivity contribution in [3.63, 3.8) is 0 Å². The SMILES string of the molecule is COCCCOC(C)CC(C)(N)CO. The van der Waals surface area contributed by atoms with Crippen molar-refractivity contribution in [2.45, 2.75) is 38.3 Å². The second-order valence-electron chi connectivity index (χ2n) is 4.04. The number of rotatable bonds is 8. The number of nitrogens with two attached hydrogens (primary N) is 1. The van der Waals surface area contributed by atoms with E-state index < -0.39 is 5.54 Å². The first-order chi connectivity index (χ1) is 6.52. The third-order valence-electron chi connectivity index (χ3n) is 2.01. The second kappa shape index (κ2) is 7.17. The molecule has 4 nitrogen and oxygen atoms in total. The summed E-state index contributed by atoms with van der Waals surface area (Å²) in [5.41, 5.74) is 5.25. The van der Waals surface area contributed by atoms with Gasteiger partial charge in [-0.15, -0.1) is 0 Å². The van der Waals surface area contributed by atoms with E-state index in [1.807, 2.05) is 13.8 Å². The van der Waals surface area contributed by atoms with E-state index in [9.17, 15) is 0 Å². The lowest BCUT2D eigenvalue weighted by molar-refractivity contribution is 0.0262. The lowest BCUT2D eigenvalue weighted by atomic mass is 9.97. The van der Waals surface area contributed by atoms with Gasteiger partial charge in [0.05, 0.1) is 12.7 Å². The van der Waals surface area contributed by atoms with Gasteiger partial charge in [0.15, 0.2) is 0 Å². The number of hydrogen-bond acceptors (Lipinski definition) is 4. The molecule has 0 saturated carbocycles. The normalized spacial score (nSPS) is 17.8. The van der Waals surface area contributed by atoms with Gasteiger partial charge in [-0.05, 0) is 26.7 Å². The number of ether oxygens (including phenoxy) is 2. The van der Waals surface area contributed by atoms with Crippen molar-refractivity contribution in [3.05, 3.63) is 0 Å². The molecule has 3 N–H and O–H groups in total. The molecule has 2 atom stereocenters. The summed E-state index contributed by atoms with van der Waals surface area (Å²) in [6.07, 6.45) is 1.63. The molecule has 0 fully saturated rings. The average Bonchev–Trinajstić information content (AvgIpc) is 2.12. The topological polar surface area (TPSA) is 64.7 Å². The summed E-state index contributed by atoms with van der Waals surface area (Å²) in [6.45, 7) is 5.16. The standard InChI is InChI=1S/C10H23NO3/c1-9(7-10(2,11)8-12)14-6-4-5-13-3/h9,12H,4-8,11H2,1-3H3. The zero-order chi connectivity index (χ0) is 11.0. The summed E-state index contributed by atoms with van der Waals surface area (Å²) >= 11 is 0. The summed E-state index contributed by atoms with van der Waals surface area (Å²) in [4.78, 5) is 0. The van der Waals surface area contributed by atoms with E-state index in [1.165, 1.54) is 0 Å². The van der Waals surface area contributed by atoms with Gasteiger partial charge in [-0.1, -0.05) is 0 Å². The van der Waals surface area contributed by atoms with E-state index in [-0.39, 0.29) is 12.7 Å². The lowest BCUT2D eigenvalue weighted by Gasteiger charge is -2.25. The van der Waals surface area contributed by atoms with Crippen molar-refractivity contribution in [1.29, 1.82) is 0 Å². The minimum atomic E-state index is -0.541. The Balaban J connectivity index is 3.49. The van der Waals surface area contributed by atoms with Crippen LogP contribution in [0.25, 0.3) is 0 Å². The molecular weight excluding hydrogens is 182 g/mol. The van der Waals surface area contributed by atoms with Crippen molar-refractivity contribution in [2.24, 2.45) is 5.73 Å². The van der Waals surface area contributed by atoms with Crippen LogP contribution in [-0.4, -0.2) is 43.7 Å². The zero-order valence-electron chi connectivity index (χ0n) is 9.45. The van der Waals surface area contributed by atoms with E-state index in [2.05, 4.69) is 0 Å². The molecule has 2 unspecified atom stereocenters. The van der Waals surface area contributed by atoms with Gasteiger partial charge in [0.1, 0.15) is 0 Å². The van der Waals surface area contributed by atoms with E-state index in [0.29, 0.717) is 19.6 Å². The third kappa shape index (κ3) is 7.26. The smallest absolute Gasteiger partial charge is 0.0609 e. The molecule has 14 heavy (non-hydrogen) atoms. The van der Waals surface area contributed by atoms with Crippen LogP contribution in [0.2, 0.25) is 0 Å². The van der Waals surface area contributed by atoms with Crippen molar-refractivity contribution >= 4 is 0 Å². The Kier molecular flexibility index (Phi) is 7.09. The Morgan fingerprint density at radius 1 is 1.43 bits per heavy atom. The number of methoxy groups -OCH3 is 1. The highest BCUT2D eigenvalue weighted by Gasteiger charge is 2.20. The maximum atomic E-state index is 8.95. The Morgan fingerprint density at radius 3 is 2.57 bits per heavy atom. The van der Waals surface area contributed by atoms with Crippen molar-refractivity contribution in [1.82, 2.24) is 0 Å². The Morgan fingerprint density at radius 2 is 2.07 bits per heavy atom. The van der Waals surface area contributed by atoms with E-state index in [1.54, 1.807) is 7.11 Å². The summed E-state index contributed by atoms with van der Waals surface area (Å²) in [6, 6.07) is 0. The number of hydrogen-bond donors (Lipinski definition) is 2. The molecule has 0 heterocycles. The molecule has 4 heteroatoms. The number of aliphatic hydroxyl groups excluding tert-OH is 1. The molecular formula is C10H23NO3. The number of aliphatic hydroxyl groups is 1. The molecule has 0 aliphatic carbocycles. The highest BCUT2D eigenvalue weighted by Crippen LogP contribution is 2.10. The molecule has 0 aliphatic rings. The lowest BCUT2D eigenvalue weighted by Crippen LogP contribution is -2.43. The highest BCUT2D eigenvalue weighted by molar-refractivity contribution is 4.79. The minimum absolute atomic E-state index is 0.0151. The third-order valence-corrected chi connectivity index (χ3v) is 2.01. The fourth-order valence-corrected chi connectivity index (χ4v) is 1.27. The highest BCUT2D eigenvalue weighted by atomic mass is 16.5. The van der Waals surface area contributed by atoms with Crippen LogP contribution in [0.5, 0.6) is 0 Å². The van der Waals surface area contributed by atoms with Crippen LogP contribution in [0.15, 0.2) is 0 Å². The fraction of sp³-hybridized carbons (Fsp3) is 1.00. The molecule has 0 amide bonds. The first kappa shape index (κ1) is 13.8. The van der Waals surface area contributed by atoms with Crippen LogP contribution in [0.4, 0.5) is 0 Å². The van der Waals surface area contributed by atoms with Gasteiger partial charge in [0.2, 0.25) is 0 Å². The molecule has 0 rings (SSSR count). The zero-order valence-corrected chi connectivity index (χ0v) is 9.45. The molecule has 0 aromatic carbocycles. The van der Waals surface area contributed by atoms with Crippen LogP contribution in [0, 0.1) is 0 Å². The predicted molar refractivity (Wildman–Crippen MR) is 56.2 cm³/mol. The molecule has 0 spiro atoms. The molecule has 0 aromatic heterocycles. The van der Waals surface area contributed by atoms with Crippen LogP contribution in [0.3, 0.4) is 0 Å². The van der Waals surface area contributed by atoms with E-state index >= 15 is 0 Å². The monoisotopic (exact) mass is 205 g/mol. The predicted octanol–water partition coefficient (Wildman–Crippen LogP) is 0.528. The van der Waals surface area contributed by atoms with Gasteiger partial charge in [-0.3, -0.25) is 0 Å². The summed E-state index contributed by atoms with van der Waals surface area (Å²) in [5, 5.41) is 8.95. The Hall–Kier alpha value is -0.160. The largest absolute Gasteiger partial charge is 0.394 e. The molecule has 0 radical (unpaired) electrons. The Labute approximate surface area is 86.4 Å². The average molecular weight is 205 g/mol. The minimum Gasteiger partial charge on any atom is -0.394 e. The quantitative estimate of drug-likeness (QED) is 0.567. The fourth-order valence-electron chi connectivity index (χ4n) is 1.27. The first-order valence-electron chi connectivity index (χ1n) is 5.02. The first-order valence-corrected chi connectivity index (χ1v) is 5.02. The molecule has 0 bridgehead atoms. The van der Waals surface area contributed by atoms with Crippen molar-refractivity contribution < 1.29 is 14.6 Å². The van der Waals surface area contributed by atoms with Crippen molar-refractivity contribution in [3.8, 4) is 0 Å². The summed E-state index contributed by atoms with van der Waals surface area (Å²) in [7, 11) is 1.67. The van der Waals surface area contributed by atoms with Gasteiger partial charge < -0.3 is 20.3 Å². The Bertz CT molecular complexity index is 139. The molecule has 0 aromatic rings. The maximum absolute atomic E-state index is 8.95. The van der Waals surface area contributed by atoms with Crippen molar-refractivity contribution in [2.75, 3.05) is 26.9 Å². The molecule has 86 valence electrons. The van der Waals surface area contributed by atoms with Gasteiger partial charge in [0, 0.05) is 25.9 Å². The van der Waals surface area contributed by atoms with Gasteiger partial charge in [-0.25, -0.2) is 0 Å². The second-order valence-corrected chi connectivity index (χ2v) is 4.04. The molecule has 0 aliphatic heterocycles. The van der Waals surface area contributed by atoms with Gasteiger partial charge in [0.25, 0.3) is 0 Å². The molecule has 0 saturated heterocycles. The van der Waals surface area contributed by atoms with Crippen LogP contribution in [0.1, 0.15) is 26.7 Å². The van der Waals surface area contributed by atoms with Gasteiger partial charge in [-0.2, -0.15) is 0 Å². The summed E-state index contributed by atoms with van der Waals surface area (Å²) in [5.74, 6) is 0. The summed E-state index contributed by atoms with van der Waals surface area (Å²) < 4.78 is 10.4. The van der Waals surface area contributed by atoms with Crippen LogP contribution >= 0.6 is 0 Å².